The van der Waals surface area contributed by atoms with Gasteiger partial charge in [0.1, 0.15) is 11.8 Å². The summed E-state index contributed by atoms with van der Waals surface area (Å²) < 4.78 is 38.4. The first-order valence-corrected chi connectivity index (χ1v) is 16.2. The number of carbonyl (C=O) groups excluding carboxylic acids is 2. The normalized spacial score (nSPS) is 14.3. The van der Waals surface area contributed by atoms with E-state index in [4.69, 9.17) is 21.1 Å². The van der Waals surface area contributed by atoms with E-state index in [1.54, 1.807) is 54.7 Å². The second-order valence-corrected chi connectivity index (χ2v) is 12.7. The number of morpholine rings is 1. The standard InChI is InChI=1S/C33H33ClN4O6S/c34-27-11-9-25(10-12-27)23-38(32(26-6-2-1-3-7-26)33(40)36-22-28-8-4-5-17-35-28)31(39)24-44-29-13-15-30(16-14-29)45(41,42)37-18-20-43-21-19-37/h1-17,32H,18-24H2,(H,36,40)/t32-/m1/s1. The van der Waals surface area contributed by atoms with Crippen molar-refractivity contribution < 1.29 is 27.5 Å². The maximum absolute atomic E-state index is 13.9. The van der Waals surface area contributed by atoms with Gasteiger partial charge >= 0.3 is 0 Å². The van der Waals surface area contributed by atoms with E-state index in [1.807, 2.05) is 24.3 Å². The van der Waals surface area contributed by atoms with Gasteiger partial charge in [0.2, 0.25) is 15.9 Å². The number of benzene rings is 3. The van der Waals surface area contributed by atoms with Gasteiger partial charge in [-0.05, 0) is 59.7 Å². The molecule has 2 heterocycles. The van der Waals surface area contributed by atoms with Gasteiger partial charge in [-0.2, -0.15) is 4.31 Å². The highest BCUT2D eigenvalue weighted by Crippen LogP contribution is 2.26. The highest BCUT2D eigenvalue weighted by Gasteiger charge is 2.32. The number of hydrogen-bond acceptors (Lipinski definition) is 7. The van der Waals surface area contributed by atoms with E-state index in [9.17, 15) is 18.0 Å². The number of hydrogen-bond donors (Lipinski definition) is 1. The lowest BCUT2D eigenvalue weighted by Crippen LogP contribution is -2.45. The van der Waals surface area contributed by atoms with Gasteiger partial charge in [0, 0.05) is 30.9 Å². The van der Waals surface area contributed by atoms with Crippen molar-refractivity contribution >= 4 is 33.4 Å². The van der Waals surface area contributed by atoms with Gasteiger partial charge in [-0.15, -0.1) is 0 Å². The molecule has 0 bridgehead atoms. The molecule has 45 heavy (non-hydrogen) atoms. The number of amides is 2. The maximum Gasteiger partial charge on any atom is 0.261 e. The number of carbonyl (C=O) groups is 2. The summed E-state index contributed by atoms with van der Waals surface area (Å²) in [4.78, 5) is 33.5. The Kier molecular flexibility index (Phi) is 10.8. The first kappa shape index (κ1) is 32.1. The molecule has 1 aromatic heterocycles. The van der Waals surface area contributed by atoms with Crippen LogP contribution in [0.25, 0.3) is 0 Å². The van der Waals surface area contributed by atoms with Crippen LogP contribution in [0.4, 0.5) is 0 Å². The van der Waals surface area contributed by atoms with Crippen LogP contribution >= 0.6 is 11.6 Å². The van der Waals surface area contributed by atoms with Crippen LogP contribution in [0.5, 0.6) is 5.75 Å². The summed E-state index contributed by atoms with van der Waals surface area (Å²) in [7, 11) is -3.67. The Bertz CT molecular complexity index is 1670. The van der Waals surface area contributed by atoms with E-state index < -0.39 is 22.0 Å². The molecule has 3 aromatic carbocycles. The molecule has 10 nitrogen and oxygen atoms in total. The molecule has 0 aliphatic carbocycles. The van der Waals surface area contributed by atoms with Gasteiger partial charge < -0.3 is 19.7 Å². The second-order valence-electron chi connectivity index (χ2n) is 10.3. The maximum atomic E-state index is 13.9. The molecule has 4 aromatic rings. The van der Waals surface area contributed by atoms with Gasteiger partial charge in [-0.1, -0.05) is 60.1 Å². The van der Waals surface area contributed by atoms with Crippen LogP contribution in [-0.4, -0.2) is 67.3 Å². The molecule has 12 heteroatoms. The summed E-state index contributed by atoms with van der Waals surface area (Å²) in [6.45, 7) is 1.17. The van der Waals surface area contributed by atoms with Crippen molar-refractivity contribution in [2.24, 2.45) is 0 Å². The van der Waals surface area contributed by atoms with Gasteiger partial charge in [-0.3, -0.25) is 14.6 Å². The molecule has 0 unspecified atom stereocenters. The van der Waals surface area contributed by atoms with Crippen molar-refractivity contribution in [3.05, 3.63) is 125 Å². The van der Waals surface area contributed by atoms with Crippen molar-refractivity contribution in [3.63, 3.8) is 0 Å². The third-order valence-corrected chi connectivity index (χ3v) is 9.39. The quantitative estimate of drug-likeness (QED) is 0.244. The van der Waals surface area contributed by atoms with Crippen LogP contribution in [0.15, 0.2) is 108 Å². The third-order valence-electron chi connectivity index (χ3n) is 7.23. The molecule has 0 saturated carbocycles. The first-order chi connectivity index (χ1) is 21.8. The van der Waals surface area contributed by atoms with Crippen LogP contribution in [0.2, 0.25) is 5.02 Å². The zero-order valence-electron chi connectivity index (χ0n) is 24.4. The Morgan fingerprint density at radius 1 is 0.933 bits per heavy atom. The lowest BCUT2D eigenvalue weighted by molar-refractivity contribution is -0.143. The molecular weight excluding hydrogens is 616 g/mol. The molecule has 1 N–H and O–H groups in total. The van der Waals surface area contributed by atoms with Crippen molar-refractivity contribution in [2.75, 3.05) is 32.9 Å². The van der Waals surface area contributed by atoms with E-state index >= 15 is 0 Å². The molecule has 5 rings (SSSR count). The summed E-state index contributed by atoms with van der Waals surface area (Å²) in [5.41, 5.74) is 2.07. The predicted molar refractivity (Wildman–Crippen MR) is 169 cm³/mol. The Hall–Kier alpha value is -4.29. The van der Waals surface area contributed by atoms with Crippen molar-refractivity contribution in [1.29, 1.82) is 0 Å². The number of aromatic nitrogens is 1. The number of ether oxygens (including phenoxy) is 2. The van der Waals surface area contributed by atoms with Crippen molar-refractivity contribution in [1.82, 2.24) is 19.5 Å². The number of sulfonamides is 1. The number of rotatable bonds is 12. The fourth-order valence-electron chi connectivity index (χ4n) is 4.87. The third kappa shape index (κ3) is 8.46. The van der Waals surface area contributed by atoms with E-state index in [0.717, 1.165) is 5.56 Å². The van der Waals surface area contributed by atoms with Gasteiger partial charge in [0.25, 0.3) is 5.91 Å². The molecular formula is C33H33ClN4O6S. The van der Waals surface area contributed by atoms with Crippen molar-refractivity contribution in [2.45, 2.75) is 24.0 Å². The summed E-state index contributed by atoms with van der Waals surface area (Å²) in [6.07, 6.45) is 1.65. The Balaban J connectivity index is 1.36. The van der Waals surface area contributed by atoms with E-state index in [2.05, 4.69) is 10.3 Å². The minimum Gasteiger partial charge on any atom is -0.484 e. The zero-order chi connectivity index (χ0) is 31.6. The molecule has 1 fully saturated rings. The van der Waals surface area contributed by atoms with Gasteiger partial charge in [0.15, 0.2) is 6.61 Å². The average Bonchev–Trinajstić information content (AvgIpc) is 3.08. The monoisotopic (exact) mass is 648 g/mol. The lowest BCUT2D eigenvalue weighted by Gasteiger charge is -2.31. The number of nitrogens with one attached hydrogen (secondary N) is 1. The molecule has 1 aliphatic rings. The van der Waals surface area contributed by atoms with Gasteiger partial charge in [-0.25, -0.2) is 8.42 Å². The summed E-state index contributed by atoms with van der Waals surface area (Å²) >= 11 is 6.10. The Morgan fingerprint density at radius 3 is 2.29 bits per heavy atom. The lowest BCUT2D eigenvalue weighted by atomic mass is 10.0. The van der Waals surface area contributed by atoms with Crippen LogP contribution < -0.4 is 10.1 Å². The smallest absolute Gasteiger partial charge is 0.261 e. The highest BCUT2D eigenvalue weighted by atomic mass is 35.5. The largest absolute Gasteiger partial charge is 0.484 e. The fourth-order valence-corrected chi connectivity index (χ4v) is 6.40. The minimum absolute atomic E-state index is 0.104. The number of pyridine rings is 1. The average molecular weight is 649 g/mol. The van der Waals surface area contributed by atoms with Crippen LogP contribution in [0.1, 0.15) is 22.9 Å². The summed E-state index contributed by atoms with van der Waals surface area (Å²) in [6, 6.07) is 26.5. The predicted octanol–water partition coefficient (Wildman–Crippen LogP) is 4.22. The molecule has 1 saturated heterocycles. The molecule has 1 aliphatic heterocycles. The summed E-state index contributed by atoms with van der Waals surface area (Å²) in [5.74, 6) is -0.518. The van der Waals surface area contributed by atoms with E-state index in [1.165, 1.54) is 33.5 Å². The molecule has 234 valence electrons. The van der Waals surface area contributed by atoms with Crippen LogP contribution in [0, 0.1) is 0 Å². The Morgan fingerprint density at radius 2 is 1.62 bits per heavy atom. The van der Waals surface area contributed by atoms with Crippen LogP contribution in [0.3, 0.4) is 0 Å². The summed E-state index contributed by atoms with van der Waals surface area (Å²) in [5, 5.41) is 3.47. The van der Waals surface area contributed by atoms with E-state index in [0.29, 0.717) is 35.2 Å². The van der Waals surface area contributed by atoms with E-state index in [-0.39, 0.29) is 43.6 Å². The SMILES string of the molecule is O=C(NCc1ccccn1)[C@@H](c1ccccc1)N(Cc1ccc(Cl)cc1)C(=O)COc1ccc(S(=O)(=O)N2CCOCC2)cc1. The molecule has 0 radical (unpaired) electrons. The fraction of sp³-hybridized carbons (Fsp3) is 0.242. The van der Waals surface area contributed by atoms with Crippen LogP contribution in [-0.2, 0) is 37.4 Å². The topological polar surface area (TPSA) is 118 Å². The van der Waals surface area contributed by atoms with Gasteiger partial charge in [0.05, 0.1) is 30.3 Å². The van der Waals surface area contributed by atoms with Crippen molar-refractivity contribution in [3.8, 4) is 5.75 Å². The highest BCUT2D eigenvalue weighted by molar-refractivity contribution is 7.89. The first-order valence-electron chi connectivity index (χ1n) is 14.4. The molecule has 1 atom stereocenters. The molecule has 0 spiro atoms. The zero-order valence-corrected chi connectivity index (χ0v) is 26.0. The second kappa shape index (κ2) is 15.1. The molecule has 2 amide bonds. The minimum atomic E-state index is -3.67. The number of nitrogens with zero attached hydrogens (tertiary/aromatic N) is 3. The number of halogens is 1. The Labute approximate surface area is 267 Å².